The number of carboxylic acids is 1. The summed E-state index contributed by atoms with van der Waals surface area (Å²) in [6, 6.07) is 4.85. The van der Waals surface area contributed by atoms with E-state index in [4.69, 9.17) is 9.84 Å². The number of aryl methyl sites for hydroxylation is 1. The molecule has 0 bridgehead atoms. The number of hydrogen-bond acceptors (Lipinski definition) is 2. The molecule has 17 heavy (non-hydrogen) atoms. The van der Waals surface area contributed by atoms with E-state index >= 15 is 0 Å². The highest BCUT2D eigenvalue weighted by Crippen LogP contribution is 2.22. The topological polar surface area (TPSA) is 46.5 Å². The molecule has 3 nitrogen and oxygen atoms in total. The third-order valence-electron chi connectivity index (χ3n) is 2.55. The zero-order valence-corrected chi connectivity index (χ0v) is 9.87. The second-order valence-electron chi connectivity index (χ2n) is 3.55. The standard InChI is InChI=1S/C13H15FO3/c1-3-9(13(15)16)7-8-10-5-4-6-11(17-2)12(10)14/h3-6H,7-8H2,1-2H3,(H,15,16)/b9-3-. The molecule has 92 valence electrons. The van der Waals surface area contributed by atoms with E-state index in [1.165, 1.54) is 19.3 Å². The van der Waals surface area contributed by atoms with Crippen LogP contribution in [0.25, 0.3) is 0 Å². The lowest BCUT2D eigenvalue weighted by atomic mass is 10.0. The van der Waals surface area contributed by atoms with E-state index in [9.17, 15) is 9.18 Å². The SMILES string of the molecule is C/C=C(/CCc1cccc(OC)c1F)C(=O)O. The first-order valence-corrected chi connectivity index (χ1v) is 5.30. The van der Waals surface area contributed by atoms with Crippen molar-refractivity contribution in [1.82, 2.24) is 0 Å². The molecule has 0 radical (unpaired) electrons. The molecule has 0 saturated carbocycles. The summed E-state index contributed by atoms with van der Waals surface area (Å²) in [6.07, 6.45) is 2.17. The molecule has 1 N–H and O–H groups in total. The fraction of sp³-hybridized carbons (Fsp3) is 0.308. The normalized spacial score (nSPS) is 11.4. The highest BCUT2D eigenvalue weighted by atomic mass is 19.1. The van der Waals surface area contributed by atoms with E-state index in [1.807, 2.05) is 0 Å². The quantitative estimate of drug-likeness (QED) is 0.802. The average molecular weight is 238 g/mol. The molecular formula is C13H15FO3. The molecule has 0 spiro atoms. The first-order valence-electron chi connectivity index (χ1n) is 5.30. The third-order valence-corrected chi connectivity index (χ3v) is 2.55. The molecule has 0 aromatic heterocycles. The van der Waals surface area contributed by atoms with Crippen LogP contribution in [0.3, 0.4) is 0 Å². The Hall–Kier alpha value is -1.84. The molecular weight excluding hydrogens is 223 g/mol. The van der Waals surface area contributed by atoms with Gasteiger partial charge in [-0.1, -0.05) is 18.2 Å². The molecule has 0 fully saturated rings. The Morgan fingerprint density at radius 3 is 2.76 bits per heavy atom. The minimum atomic E-state index is -0.962. The summed E-state index contributed by atoms with van der Waals surface area (Å²) in [7, 11) is 1.40. The first kappa shape index (κ1) is 13.2. The number of aliphatic carboxylic acids is 1. The van der Waals surface area contributed by atoms with Crippen LogP contribution in [-0.4, -0.2) is 18.2 Å². The van der Waals surface area contributed by atoms with Gasteiger partial charge in [-0.25, -0.2) is 9.18 Å². The van der Waals surface area contributed by atoms with Crippen molar-refractivity contribution in [1.29, 1.82) is 0 Å². The Labute approximate surface area is 99.5 Å². The van der Waals surface area contributed by atoms with Crippen LogP contribution in [0.4, 0.5) is 4.39 Å². The summed E-state index contributed by atoms with van der Waals surface area (Å²) in [6.45, 7) is 1.66. The van der Waals surface area contributed by atoms with Gasteiger partial charge >= 0.3 is 5.97 Å². The number of ether oxygens (including phenoxy) is 1. The highest BCUT2D eigenvalue weighted by molar-refractivity contribution is 5.86. The Morgan fingerprint density at radius 1 is 1.53 bits per heavy atom. The number of benzene rings is 1. The van der Waals surface area contributed by atoms with Crippen molar-refractivity contribution in [3.8, 4) is 5.75 Å². The predicted octanol–water partition coefficient (Wildman–Crippen LogP) is 2.80. The van der Waals surface area contributed by atoms with Gasteiger partial charge in [-0.3, -0.25) is 0 Å². The van der Waals surface area contributed by atoms with Crippen LogP contribution in [-0.2, 0) is 11.2 Å². The van der Waals surface area contributed by atoms with Gasteiger partial charge in [-0.2, -0.15) is 0 Å². The number of carbonyl (C=O) groups is 1. The summed E-state index contributed by atoms with van der Waals surface area (Å²) in [4.78, 5) is 10.8. The zero-order chi connectivity index (χ0) is 12.8. The highest BCUT2D eigenvalue weighted by Gasteiger charge is 2.11. The van der Waals surface area contributed by atoms with Gasteiger partial charge in [0, 0.05) is 5.57 Å². The van der Waals surface area contributed by atoms with Crippen LogP contribution in [0.15, 0.2) is 29.8 Å². The fourth-order valence-electron chi connectivity index (χ4n) is 1.55. The molecule has 0 aliphatic heterocycles. The van der Waals surface area contributed by atoms with Crippen LogP contribution >= 0.6 is 0 Å². The molecule has 0 aliphatic rings. The van der Waals surface area contributed by atoms with Crippen molar-refractivity contribution >= 4 is 5.97 Å². The lowest BCUT2D eigenvalue weighted by Crippen LogP contribution is -2.03. The summed E-state index contributed by atoms with van der Waals surface area (Å²) in [5.74, 6) is -1.20. The molecule has 0 amide bonds. The number of halogens is 1. The second kappa shape index (κ2) is 6.03. The Balaban J connectivity index is 2.79. The van der Waals surface area contributed by atoms with Crippen molar-refractivity contribution in [2.24, 2.45) is 0 Å². The zero-order valence-electron chi connectivity index (χ0n) is 9.87. The van der Waals surface area contributed by atoms with Gasteiger partial charge in [0.1, 0.15) is 0 Å². The lowest BCUT2D eigenvalue weighted by Gasteiger charge is -2.07. The van der Waals surface area contributed by atoms with E-state index in [0.29, 0.717) is 18.4 Å². The summed E-state index contributed by atoms with van der Waals surface area (Å²) in [5, 5.41) is 8.83. The summed E-state index contributed by atoms with van der Waals surface area (Å²) >= 11 is 0. The summed E-state index contributed by atoms with van der Waals surface area (Å²) in [5.41, 5.74) is 0.747. The Bertz CT molecular complexity index is 438. The number of allylic oxidation sites excluding steroid dienone is 1. The number of rotatable bonds is 5. The van der Waals surface area contributed by atoms with E-state index in [0.717, 1.165) is 0 Å². The number of methoxy groups -OCH3 is 1. The third kappa shape index (κ3) is 3.31. The Morgan fingerprint density at radius 2 is 2.24 bits per heavy atom. The van der Waals surface area contributed by atoms with E-state index < -0.39 is 11.8 Å². The van der Waals surface area contributed by atoms with Gasteiger partial charge in [0.2, 0.25) is 0 Å². The van der Waals surface area contributed by atoms with Crippen molar-refractivity contribution < 1.29 is 19.0 Å². The van der Waals surface area contributed by atoms with Gasteiger partial charge in [-0.15, -0.1) is 0 Å². The molecule has 1 rings (SSSR count). The van der Waals surface area contributed by atoms with Crippen molar-refractivity contribution in [3.05, 3.63) is 41.2 Å². The van der Waals surface area contributed by atoms with Crippen molar-refractivity contribution in [2.45, 2.75) is 19.8 Å². The van der Waals surface area contributed by atoms with Crippen molar-refractivity contribution in [2.75, 3.05) is 7.11 Å². The molecule has 0 unspecified atom stereocenters. The molecule has 0 saturated heterocycles. The minimum absolute atomic E-state index is 0.180. The van der Waals surface area contributed by atoms with E-state index in [-0.39, 0.29) is 11.3 Å². The maximum Gasteiger partial charge on any atom is 0.331 e. The van der Waals surface area contributed by atoms with Gasteiger partial charge in [0.15, 0.2) is 11.6 Å². The van der Waals surface area contributed by atoms with Gasteiger partial charge in [0.05, 0.1) is 7.11 Å². The van der Waals surface area contributed by atoms with Gasteiger partial charge in [0.25, 0.3) is 0 Å². The molecule has 1 aromatic carbocycles. The van der Waals surface area contributed by atoms with Gasteiger partial charge < -0.3 is 9.84 Å². The lowest BCUT2D eigenvalue weighted by molar-refractivity contribution is -0.132. The maximum absolute atomic E-state index is 13.7. The second-order valence-corrected chi connectivity index (χ2v) is 3.55. The smallest absolute Gasteiger partial charge is 0.331 e. The average Bonchev–Trinajstić information content (AvgIpc) is 2.31. The van der Waals surface area contributed by atoms with Crippen LogP contribution in [0.2, 0.25) is 0 Å². The van der Waals surface area contributed by atoms with Crippen LogP contribution in [0.1, 0.15) is 18.9 Å². The first-order chi connectivity index (χ1) is 8.10. The molecule has 4 heteroatoms. The summed E-state index contributed by atoms with van der Waals surface area (Å²) < 4.78 is 18.6. The van der Waals surface area contributed by atoms with Crippen LogP contribution in [0, 0.1) is 5.82 Å². The predicted molar refractivity (Wildman–Crippen MR) is 62.7 cm³/mol. The molecule has 0 atom stereocenters. The Kier molecular flexibility index (Phi) is 4.69. The molecule has 1 aromatic rings. The number of carboxylic acid groups (broad SMARTS) is 1. The molecule has 0 aliphatic carbocycles. The monoisotopic (exact) mass is 238 g/mol. The largest absolute Gasteiger partial charge is 0.494 e. The fourth-order valence-corrected chi connectivity index (χ4v) is 1.55. The van der Waals surface area contributed by atoms with Crippen molar-refractivity contribution in [3.63, 3.8) is 0 Å². The molecule has 0 heterocycles. The minimum Gasteiger partial charge on any atom is -0.494 e. The van der Waals surface area contributed by atoms with Gasteiger partial charge in [-0.05, 0) is 31.4 Å². The van der Waals surface area contributed by atoms with Crippen LogP contribution < -0.4 is 4.74 Å². The van der Waals surface area contributed by atoms with E-state index in [2.05, 4.69) is 0 Å². The van der Waals surface area contributed by atoms with Crippen LogP contribution in [0.5, 0.6) is 5.75 Å². The maximum atomic E-state index is 13.7. The van der Waals surface area contributed by atoms with E-state index in [1.54, 1.807) is 19.1 Å². The number of hydrogen-bond donors (Lipinski definition) is 1.